The Morgan fingerprint density at radius 2 is 1.78 bits per heavy atom. The van der Waals surface area contributed by atoms with E-state index in [2.05, 4.69) is 10.6 Å². The predicted octanol–water partition coefficient (Wildman–Crippen LogP) is 4.32. The van der Waals surface area contributed by atoms with Gasteiger partial charge < -0.3 is 15.5 Å². The Kier molecular flexibility index (Phi) is 5.37. The van der Waals surface area contributed by atoms with Crippen molar-refractivity contribution in [3.8, 4) is 0 Å². The molecule has 4 rings (SSSR count). The van der Waals surface area contributed by atoms with Crippen molar-refractivity contribution in [2.75, 3.05) is 18.4 Å². The Morgan fingerprint density at radius 1 is 1.00 bits per heavy atom. The van der Waals surface area contributed by atoms with Crippen LogP contribution in [0, 0.1) is 18.8 Å². The number of aryl methyl sites for hydroxylation is 1. The lowest BCUT2D eigenvalue weighted by molar-refractivity contribution is 0.0792. The van der Waals surface area contributed by atoms with Gasteiger partial charge in [-0.1, -0.05) is 19.3 Å². The third kappa shape index (κ3) is 4.12. The molecule has 0 spiro atoms. The zero-order chi connectivity index (χ0) is 18.8. The number of nitrogens with zero attached hydrogens (tertiary/aromatic N) is 1. The summed E-state index contributed by atoms with van der Waals surface area (Å²) in [6.07, 6.45) is 9.72. The molecule has 3 atom stereocenters. The van der Waals surface area contributed by atoms with E-state index in [0.29, 0.717) is 11.6 Å². The highest BCUT2D eigenvalue weighted by Gasteiger charge is 2.34. The van der Waals surface area contributed by atoms with E-state index in [1.165, 1.54) is 25.7 Å². The first-order valence-electron chi connectivity index (χ1n) is 10.6. The summed E-state index contributed by atoms with van der Waals surface area (Å²) in [5.41, 5.74) is 2.41. The molecule has 27 heavy (non-hydrogen) atoms. The zero-order valence-electron chi connectivity index (χ0n) is 16.3. The molecule has 5 heteroatoms. The number of nitrogens with one attached hydrogen (secondary N) is 2. The first kappa shape index (κ1) is 18.3. The van der Waals surface area contributed by atoms with Crippen molar-refractivity contribution in [1.82, 2.24) is 10.2 Å². The lowest BCUT2D eigenvalue weighted by Gasteiger charge is -2.32. The smallest absolute Gasteiger partial charge is 0.319 e. The van der Waals surface area contributed by atoms with Gasteiger partial charge in [0.25, 0.3) is 5.91 Å². The van der Waals surface area contributed by atoms with Gasteiger partial charge in [-0.15, -0.1) is 0 Å². The summed E-state index contributed by atoms with van der Waals surface area (Å²) in [4.78, 5) is 26.9. The summed E-state index contributed by atoms with van der Waals surface area (Å²) in [6, 6.07) is 5.73. The Hall–Kier alpha value is -2.04. The Morgan fingerprint density at radius 3 is 2.56 bits per heavy atom. The standard InChI is InChI=1S/C22H31N3O2/c1-15-13-18(21(26)25-11-2-3-12-25)8-10-20(15)24-22(27)23-19-9-7-16-5-4-6-17(16)14-19/h8,10,13,16-17,19H,2-7,9,11-12,14H2,1H3,(H2,23,24,27). The fraction of sp³-hybridized carbons (Fsp3) is 0.636. The van der Waals surface area contributed by atoms with Crippen molar-refractivity contribution in [2.24, 2.45) is 11.8 Å². The molecule has 3 amide bonds. The number of benzene rings is 1. The molecule has 1 aromatic carbocycles. The van der Waals surface area contributed by atoms with E-state index in [-0.39, 0.29) is 11.9 Å². The van der Waals surface area contributed by atoms with Crippen molar-refractivity contribution in [3.05, 3.63) is 29.3 Å². The van der Waals surface area contributed by atoms with Crippen LogP contribution in [-0.4, -0.2) is 36.0 Å². The monoisotopic (exact) mass is 369 g/mol. The molecular weight excluding hydrogens is 338 g/mol. The topological polar surface area (TPSA) is 61.4 Å². The van der Waals surface area contributed by atoms with Gasteiger partial charge in [-0.2, -0.15) is 0 Å². The number of anilines is 1. The third-order valence-corrected chi connectivity index (χ3v) is 6.74. The minimum absolute atomic E-state index is 0.0972. The average Bonchev–Trinajstić information content (AvgIpc) is 3.34. The molecule has 5 nitrogen and oxygen atoms in total. The molecule has 3 fully saturated rings. The molecule has 0 bridgehead atoms. The van der Waals surface area contributed by atoms with Crippen LogP contribution in [0.1, 0.15) is 67.3 Å². The SMILES string of the molecule is Cc1cc(C(=O)N2CCCC2)ccc1NC(=O)NC1CCC2CCCC2C1. The Labute approximate surface area is 161 Å². The van der Waals surface area contributed by atoms with Gasteiger partial charge in [0.15, 0.2) is 0 Å². The van der Waals surface area contributed by atoms with Crippen LogP contribution in [0.5, 0.6) is 0 Å². The first-order valence-corrected chi connectivity index (χ1v) is 10.6. The molecule has 2 N–H and O–H groups in total. The number of hydrogen-bond donors (Lipinski definition) is 2. The van der Waals surface area contributed by atoms with Crippen molar-refractivity contribution in [1.29, 1.82) is 0 Å². The van der Waals surface area contributed by atoms with Crippen LogP contribution in [-0.2, 0) is 0 Å². The second-order valence-corrected chi connectivity index (χ2v) is 8.59. The number of fused-ring (bicyclic) bond motifs is 1. The highest BCUT2D eigenvalue weighted by atomic mass is 16.2. The van der Waals surface area contributed by atoms with Crippen LogP contribution in [0.4, 0.5) is 10.5 Å². The largest absolute Gasteiger partial charge is 0.339 e. The molecule has 2 saturated carbocycles. The number of carbonyl (C=O) groups is 2. The van der Waals surface area contributed by atoms with E-state index < -0.39 is 0 Å². The van der Waals surface area contributed by atoms with Crippen LogP contribution in [0.2, 0.25) is 0 Å². The normalized spacial score (nSPS) is 27.3. The number of rotatable bonds is 3. The van der Waals surface area contributed by atoms with Gasteiger partial charge in [-0.25, -0.2) is 4.79 Å². The maximum absolute atomic E-state index is 12.5. The Balaban J connectivity index is 1.33. The molecular formula is C22H31N3O2. The minimum Gasteiger partial charge on any atom is -0.339 e. The molecule has 2 aliphatic carbocycles. The van der Waals surface area contributed by atoms with Gasteiger partial charge in [0, 0.05) is 30.4 Å². The van der Waals surface area contributed by atoms with Crippen molar-refractivity contribution >= 4 is 17.6 Å². The lowest BCUT2D eigenvalue weighted by Crippen LogP contribution is -2.42. The van der Waals surface area contributed by atoms with Gasteiger partial charge >= 0.3 is 6.03 Å². The van der Waals surface area contributed by atoms with Crippen LogP contribution in [0.25, 0.3) is 0 Å². The van der Waals surface area contributed by atoms with Crippen molar-refractivity contribution in [2.45, 2.75) is 64.3 Å². The number of carbonyl (C=O) groups excluding carboxylic acids is 2. The Bertz CT molecular complexity index is 712. The van der Waals surface area contributed by atoms with Crippen LogP contribution >= 0.6 is 0 Å². The van der Waals surface area contributed by atoms with Gasteiger partial charge in [0.05, 0.1) is 0 Å². The van der Waals surface area contributed by atoms with E-state index in [9.17, 15) is 9.59 Å². The molecule has 1 aliphatic heterocycles. The number of likely N-dealkylation sites (tertiary alicyclic amines) is 1. The maximum Gasteiger partial charge on any atom is 0.319 e. The van der Waals surface area contributed by atoms with Crippen LogP contribution in [0.15, 0.2) is 18.2 Å². The molecule has 1 aromatic rings. The summed E-state index contributed by atoms with van der Waals surface area (Å²) < 4.78 is 0. The molecule has 0 radical (unpaired) electrons. The number of hydrogen-bond acceptors (Lipinski definition) is 2. The lowest BCUT2D eigenvalue weighted by atomic mass is 9.79. The highest BCUT2D eigenvalue weighted by Crippen LogP contribution is 2.42. The van der Waals surface area contributed by atoms with E-state index in [4.69, 9.17) is 0 Å². The number of amides is 3. The average molecular weight is 370 g/mol. The van der Waals surface area contributed by atoms with Crippen LogP contribution in [0.3, 0.4) is 0 Å². The molecule has 3 aliphatic rings. The fourth-order valence-corrected chi connectivity index (χ4v) is 5.22. The van der Waals surface area contributed by atoms with Crippen LogP contribution < -0.4 is 10.6 Å². The number of urea groups is 1. The molecule has 146 valence electrons. The first-order chi connectivity index (χ1) is 13.1. The quantitative estimate of drug-likeness (QED) is 0.833. The summed E-state index contributed by atoms with van der Waals surface area (Å²) in [5.74, 6) is 1.80. The minimum atomic E-state index is -0.127. The van der Waals surface area contributed by atoms with Gasteiger partial charge in [0.1, 0.15) is 0 Å². The summed E-state index contributed by atoms with van der Waals surface area (Å²) in [7, 11) is 0. The van der Waals surface area contributed by atoms with Crippen molar-refractivity contribution in [3.63, 3.8) is 0 Å². The van der Waals surface area contributed by atoms with E-state index in [1.807, 2.05) is 30.0 Å². The molecule has 0 aromatic heterocycles. The molecule has 3 unspecified atom stereocenters. The predicted molar refractivity (Wildman–Crippen MR) is 107 cm³/mol. The summed E-state index contributed by atoms with van der Waals surface area (Å²) >= 11 is 0. The summed E-state index contributed by atoms with van der Waals surface area (Å²) in [6.45, 7) is 3.65. The maximum atomic E-state index is 12.5. The second kappa shape index (κ2) is 7.91. The third-order valence-electron chi connectivity index (χ3n) is 6.74. The van der Waals surface area contributed by atoms with E-state index >= 15 is 0 Å². The molecule has 1 heterocycles. The molecule has 1 saturated heterocycles. The fourth-order valence-electron chi connectivity index (χ4n) is 5.22. The van der Waals surface area contributed by atoms with E-state index in [0.717, 1.165) is 61.9 Å². The van der Waals surface area contributed by atoms with Gasteiger partial charge in [-0.3, -0.25) is 4.79 Å². The highest BCUT2D eigenvalue weighted by molar-refractivity contribution is 5.96. The van der Waals surface area contributed by atoms with E-state index in [1.54, 1.807) is 0 Å². The van der Waals surface area contributed by atoms with Gasteiger partial charge in [0.2, 0.25) is 0 Å². The summed E-state index contributed by atoms with van der Waals surface area (Å²) in [5, 5.41) is 6.14. The second-order valence-electron chi connectivity index (χ2n) is 8.59. The van der Waals surface area contributed by atoms with Gasteiger partial charge in [-0.05, 0) is 74.6 Å². The van der Waals surface area contributed by atoms with Crippen molar-refractivity contribution < 1.29 is 9.59 Å². The zero-order valence-corrected chi connectivity index (χ0v) is 16.3.